The molecule has 0 radical (unpaired) electrons. The summed E-state index contributed by atoms with van der Waals surface area (Å²) in [6.07, 6.45) is 0.0577. The normalized spacial score (nSPS) is 22.6. The van der Waals surface area contributed by atoms with Crippen LogP contribution in [-0.2, 0) is 19.1 Å². The first-order valence-electron chi connectivity index (χ1n) is 6.55. The number of carbonyl (C=O) groups is 3. The molecule has 0 aromatic heterocycles. The number of carboxylic acid groups (broad SMARTS) is 1. The largest absolute Gasteiger partial charge is 0.502 e. The van der Waals surface area contributed by atoms with Gasteiger partial charge >= 0.3 is 11.9 Å². The zero-order chi connectivity index (χ0) is 15.7. The molecule has 0 aromatic rings. The van der Waals surface area contributed by atoms with Crippen LogP contribution in [0.5, 0.6) is 0 Å². The number of ketones is 1. The van der Waals surface area contributed by atoms with E-state index in [1.54, 1.807) is 27.7 Å². The quantitative estimate of drug-likeness (QED) is 0.570. The lowest BCUT2D eigenvalue weighted by Crippen LogP contribution is -2.49. The minimum absolute atomic E-state index is 0.0350. The van der Waals surface area contributed by atoms with Gasteiger partial charge in [0.25, 0.3) is 5.60 Å². The Balaban J connectivity index is 3.34. The molecule has 0 amide bonds. The summed E-state index contributed by atoms with van der Waals surface area (Å²) in [5, 5.41) is 19.2. The minimum atomic E-state index is -2.37. The van der Waals surface area contributed by atoms with Crippen molar-refractivity contribution in [3.63, 3.8) is 0 Å². The number of esters is 1. The second kappa shape index (κ2) is 5.64. The maximum atomic E-state index is 12.3. The summed E-state index contributed by atoms with van der Waals surface area (Å²) in [5.41, 5.74) is -2.51. The predicted octanol–water partition coefficient (Wildman–Crippen LogP) is 1.84. The van der Waals surface area contributed by atoms with Crippen LogP contribution in [0.25, 0.3) is 0 Å². The van der Waals surface area contributed by atoms with E-state index in [1.807, 2.05) is 0 Å². The Hall–Kier alpha value is -1.85. The Labute approximate surface area is 117 Å². The number of Topliss-reactive ketones (excluding diaryl/α,β-unsaturated/α-hetero) is 1. The molecule has 1 unspecified atom stereocenters. The molecule has 6 heteroatoms. The average molecular weight is 284 g/mol. The van der Waals surface area contributed by atoms with Crippen molar-refractivity contribution in [2.45, 2.75) is 46.1 Å². The second-order valence-corrected chi connectivity index (χ2v) is 5.82. The van der Waals surface area contributed by atoms with Crippen molar-refractivity contribution in [2.75, 3.05) is 0 Å². The monoisotopic (exact) mass is 284 g/mol. The number of hydrogen-bond donors (Lipinski definition) is 2. The fourth-order valence-electron chi connectivity index (χ4n) is 2.22. The molecular weight excluding hydrogens is 264 g/mol. The summed E-state index contributed by atoms with van der Waals surface area (Å²) in [4.78, 5) is 35.4. The van der Waals surface area contributed by atoms with Gasteiger partial charge in [-0.25, -0.2) is 9.59 Å². The summed E-state index contributed by atoms with van der Waals surface area (Å²) in [6, 6.07) is 0. The van der Waals surface area contributed by atoms with Gasteiger partial charge in [0.1, 0.15) is 0 Å². The van der Waals surface area contributed by atoms with Gasteiger partial charge in [-0.05, 0) is 18.3 Å². The molecule has 1 aliphatic heterocycles. The smallest absolute Gasteiger partial charge is 0.375 e. The number of ether oxygens (including phenoxy) is 1. The Morgan fingerprint density at radius 2 is 1.75 bits per heavy atom. The Morgan fingerprint density at radius 1 is 1.20 bits per heavy atom. The number of cyclic esters (lactones) is 1. The SMILES string of the molecule is CC(C)CC(=O)C1(C(=O)O)OC(=O)C(O)=C1CC(C)C. The molecule has 0 bridgehead atoms. The molecule has 1 aliphatic rings. The highest BCUT2D eigenvalue weighted by atomic mass is 16.6. The molecule has 0 spiro atoms. The van der Waals surface area contributed by atoms with Crippen molar-refractivity contribution in [1.82, 2.24) is 0 Å². The molecular formula is C14H20O6. The van der Waals surface area contributed by atoms with Crippen LogP contribution in [0, 0.1) is 11.8 Å². The molecule has 0 aliphatic carbocycles. The number of rotatable bonds is 6. The fraction of sp³-hybridized carbons (Fsp3) is 0.643. The zero-order valence-corrected chi connectivity index (χ0v) is 12.1. The third-order valence-corrected chi connectivity index (χ3v) is 3.05. The second-order valence-electron chi connectivity index (χ2n) is 5.82. The predicted molar refractivity (Wildman–Crippen MR) is 70.0 cm³/mol. The molecule has 1 atom stereocenters. The Bertz CT molecular complexity index is 474. The van der Waals surface area contributed by atoms with Crippen LogP contribution in [0.3, 0.4) is 0 Å². The summed E-state index contributed by atoms with van der Waals surface area (Å²) in [5.74, 6) is -4.30. The average Bonchev–Trinajstić information content (AvgIpc) is 2.53. The maximum Gasteiger partial charge on any atom is 0.375 e. The van der Waals surface area contributed by atoms with Crippen LogP contribution >= 0.6 is 0 Å². The molecule has 112 valence electrons. The number of hydrogen-bond acceptors (Lipinski definition) is 5. The van der Waals surface area contributed by atoms with Gasteiger partial charge in [0.05, 0.1) is 0 Å². The van der Waals surface area contributed by atoms with Crippen LogP contribution in [-0.4, -0.2) is 33.5 Å². The van der Waals surface area contributed by atoms with E-state index in [-0.39, 0.29) is 30.3 Å². The molecule has 1 rings (SSSR count). The summed E-state index contributed by atoms with van der Waals surface area (Å²) < 4.78 is 4.79. The van der Waals surface area contributed by atoms with E-state index in [0.29, 0.717) is 0 Å². The standard InChI is InChI=1S/C14H20O6/c1-7(2)5-9-11(16)12(17)20-14(9,13(18)19)10(15)6-8(3)4/h7-8,16H,5-6H2,1-4H3,(H,18,19). The number of aliphatic hydroxyl groups excluding tert-OH is 1. The van der Waals surface area contributed by atoms with E-state index in [2.05, 4.69) is 0 Å². The van der Waals surface area contributed by atoms with E-state index >= 15 is 0 Å². The molecule has 0 fully saturated rings. The number of carboxylic acids is 1. The number of aliphatic carboxylic acids is 1. The van der Waals surface area contributed by atoms with Gasteiger partial charge in [-0.2, -0.15) is 0 Å². The molecule has 2 N–H and O–H groups in total. The Morgan fingerprint density at radius 3 is 2.15 bits per heavy atom. The fourth-order valence-corrected chi connectivity index (χ4v) is 2.22. The van der Waals surface area contributed by atoms with E-state index in [4.69, 9.17) is 4.74 Å². The molecule has 6 nitrogen and oxygen atoms in total. The maximum absolute atomic E-state index is 12.3. The Kier molecular flexibility index (Phi) is 4.57. The number of carbonyl (C=O) groups excluding carboxylic acids is 2. The molecule has 20 heavy (non-hydrogen) atoms. The van der Waals surface area contributed by atoms with Gasteiger partial charge in [0.15, 0.2) is 5.78 Å². The first-order valence-corrected chi connectivity index (χ1v) is 6.55. The third kappa shape index (κ3) is 2.69. The van der Waals surface area contributed by atoms with Crippen molar-refractivity contribution in [1.29, 1.82) is 0 Å². The lowest BCUT2D eigenvalue weighted by Gasteiger charge is -2.26. The van der Waals surface area contributed by atoms with E-state index in [0.717, 1.165) is 0 Å². The molecule has 1 heterocycles. The van der Waals surface area contributed by atoms with Crippen molar-refractivity contribution >= 4 is 17.7 Å². The lowest BCUT2D eigenvalue weighted by molar-refractivity contribution is -0.173. The topological polar surface area (TPSA) is 101 Å². The van der Waals surface area contributed by atoms with Gasteiger partial charge in [-0.1, -0.05) is 27.7 Å². The van der Waals surface area contributed by atoms with Crippen molar-refractivity contribution in [3.05, 3.63) is 11.3 Å². The van der Waals surface area contributed by atoms with E-state index in [1.165, 1.54) is 0 Å². The van der Waals surface area contributed by atoms with Gasteiger partial charge in [0, 0.05) is 12.0 Å². The van der Waals surface area contributed by atoms with Gasteiger partial charge in [-0.15, -0.1) is 0 Å². The van der Waals surface area contributed by atoms with Crippen molar-refractivity contribution in [3.8, 4) is 0 Å². The van der Waals surface area contributed by atoms with E-state index < -0.39 is 29.1 Å². The summed E-state index contributed by atoms with van der Waals surface area (Å²) in [7, 11) is 0. The molecule has 0 saturated carbocycles. The van der Waals surface area contributed by atoms with Crippen LogP contribution in [0.2, 0.25) is 0 Å². The molecule has 0 aromatic carbocycles. The van der Waals surface area contributed by atoms with Crippen LogP contribution in [0.1, 0.15) is 40.5 Å². The van der Waals surface area contributed by atoms with Crippen molar-refractivity contribution < 1.29 is 29.3 Å². The minimum Gasteiger partial charge on any atom is -0.502 e. The van der Waals surface area contributed by atoms with Crippen molar-refractivity contribution in [2.24, 2.45) is 11.8 Å². The van der Waals surface area contributed by atoms with Crippen LogP contribution < -0.4 is 0 Å². The van der Waals surface area contributed by atoms with Gasteiger partial charge < -0.3 is 14.9 Å². The van der Waals surface area contributed by atoms with Gasteiger partial charge in [-0.3, -0.25) is 4.79 Å². The third-order valence-electron chi connectivity index (χ3n) is 3.05. The number of aliphatic hydroxyl groups is 1. The summed E-state index contributed by atoms with van der Waals surface area (Å²) in [6.45, 7) is 7.11. The summed E-state index contributed by atoms with van der Waals surface area (Å²) >= 11 is 0. The van der Waals surface area contributed by atoms with Gasteiger partial charge in [0.2, 0.25) is 5.76 Å². The first-order chi connectivity index (χ1) is 9.12. The van der Waals surface area contributed by atoms with Crippen LogP contribution in [0.15, 0.2) is 11.3 Å². The highest BCUT2D eigenvalue weighted by Crippen LogP contribution is 2.38. The zero-order valence-electron chi connectivity index (χ0n) is 12.1. The van der Waals surface area contributed by atoms with E-state index in [9.17, 15) is 24.6 Å². The first kappa shape index (κ1) is 16.2. The molecule has 0 saturated heterocycles. The lowest BCUT2D eigenvalue weighted by atomic mass is 9.82. The van der Waals surface area contributed by atoms with Crippen LogP contribution in [0.4, 0.5) is 0 Å². The highest BCUT2D eigenvalue weighted by Gasteiger charge is 2.59. The highest BCUT2D eigenvalue weighted by molar-refractivity contribution is 6.15.